The number of carbonyl (C=O) groups excluding carboxylic acids is 6. The van der Waals surface area contributed by atoms with Crippen LogP contribution in [0.2, 0.25) is 0 Å². The molecule has 0 radical (unpaired) electrons. The number of amides is 6. The number of hydrogen-bond acceptors (Lipinski definition) is 16. The summed E-state index contributed by atoms with van der Waals surface area (Å²) in [6, 6.07) is 16.4. The fraction of sp³-hybridized carbons (Fsp3) is 0.621. The first-order valence-electron chi connectivity index (χ1n) is 27.5. The second-order valence-electron chi connectivity index (χ2n) is 21.1. The minimum atomic E-state index is -0.747. The van der Waals surface area contributed by atoms with Crippen molar-refractivity contribution in [2.24, 2.45) is 23.7 Å². The van der Waals surface area contributed by atoms with E-state index in [1.165, 1.54) is 12.2 Å². The van der Waals surface area contributed by atoms with E-state index in [0.717, 1.165) is 28.9 Å². The average Bonchev–Trinajstić information content (AvgIpc) is 4.21. The number of likely N-dealkylation sites (tertiary alicyclic amines) is 1. The van der Waals surface area contributed by atoms with E-state index < -0.39 is 60.1 Å². The number of nitrogens with one attached hydrogen (secondary N) is 2. The molecular formula is C58H86N8O12. The van der Waals surface area contributed by atoms with E-state index >= 15 is 0 Å². The molecule has 0 spiro atoms. The largest absolute Gasteiger partial charge is 0.418 e. The van der Waals surface area contributed by atoms with Crippen molar-refractivity contribution in [3.05, 3.63) is 84.3 Å². The minimum Gasteiger partial charge on any atom is -0.418 e. The smallest absolute Gasteiger partial charge is 0.253 e. The van der Waals surface area contributed by atoms with Crippen molar-refractivity contribution in [3.63, 3.8) is 0 Å². The SMILES string of the molecule is CC[C@H](C)[C@@H]([C@@H](CC(=O)N1CCC[C@H]1[C@H](OC)[C@@H](C)C(=O)N[C@@H](Cc1ccccc1)c1nnc(-c2ccccc2)o1)OC)N(C)[C@H](C(=O)NC(=O)[C@H](C(C)C)N(C)CCOCCOCCOCCN1C(=O)C=CC1=O)C(C)C. The fourth-order valence-electron chi connectivity index (χ4n) is 10.7. The van der Waals surface area contributed by atoms with Crippen molar-refractivity contribution in [2.75, 3.05) is 87.6 Å². The molecule has 1 fully saturated rings. The molecule has 1 saturated heterocycles. The van der Waals surface area contributed by atoms with Crippen LogP contribution in [0.25, 0.3) is 11.5 Å². The van der Waals surface area contributed by atoms with E-state index in [2.05, 4.69) is 34.7 Å². The van der Waals surface area contributed by atoms with E-state index in [1.807, 2.05) is 124 Å². The van der Waals surface area contributed by atoms with Crippen LogP contribution >= 0.6 is 0 Å². The van der Waals surface area contributed by atoms with Crippen molar-refractivity contribution < 1.29 is 56.9 Å². The van der Waals surface area contributed by atoms with Crippen LogP contribution in [0.4, 0.5) is 0 Å². The van der Waals surface area contributed by atoms with Gasteiger partial charge in [0.1, 0.15) is 6.04 Å². The topological polar surface area (TPSA) is 225 Å². The van der Waals surface area contributed by atoms with Crippen molar-refractivity contribution in [2.45, 2.75) is 123 Å². The molecular weight excluding hydrogens is 1000 g/mol. The summed E-state index contributed by atoms with van der Waals surface area (Å²) < 4.78 is 35.3. The van der Waals surface area contributed by atoms with Crippen LogP contribution in [-0.2, 0) is 58.9 Å². The summed E-state index contributed by atoms with van der Waals surface area (Å²) >= 11 is 0. The quantitative estimate of drug-likeness (QED) is 0.0584. The van der Waals surface area contributed by atoms with Gasteiger partial charge in [0.25, 0.3) is 11.8 Å². The van der Waals surface area contributed by atoms with Gasteiger partial charge in [0.15, 0.2) is 0 Å². The number of aromatic nitrogens is 2. The predicted octanol–water partition coefficient (Wildman–Crippen LogP) is 5.13. The van der Waals surface area contributed by atoms with Crippen LogP contribution in [0.1, 0.15) is 91.6 Å². The van der Waals surface area contributed by atoms with E-state index in [9.17, 15) is 28.8 Å². The standard InChI is InChI=1S/C58H86N8O12/c1-12-40(6)52(64(9)51(39(4)5)56(72)60-55(71)50(38(2)3)63(8)28-30-75-32-34-77-35-33-76-31-29-66-47(67)25-26-48(66)68)46(73-10)37-49(69)65-27-19-24-45(65)53(74-11)41(7)54(70)59-44(36-42-20-15-13-16-21-42)58-62-61-57(78-58)43-22-17-14-18-23-43/h13-18,20-23,25-26,38-41,44-46,50-53H,12,19,24,27-37H2,1-11H3,(H,59,70)(H,60,71,72)/t40-,41+,44-,45-,46+,50-,51-,52-,53+/m0/s1. The van der Waals surface area contributed by atoms with Crippen molar-refractivity contribution >= 4 is 35.4 Å². The van der Waals surface area contributed by atoms with Gasteiger partial charge >= 0.3 is 0 Å². The molecule has 2 aliphatic rings. The second kappa shape index (κ2) is 31.7. The minimum absolute atomic E-state index is 0.0168. The second-order valence-corrected chi connectivity index (χ2v) is 21.1. The number of methoxy groups -OCH3 is 2. The van der Waals surface area contributed by atoms with Crippen LogP contribution in [0, 0.1) is 23.7 Å². The van der Waals surface area contributed by atoms with Gasteiger partial charge in [0, 0.05) is 57.5 Å². The molecule has 5 rings (SSSR count). The normalized spacial score (nSPS) is 17.9. The van der Waals surface area contributed by atoms with Gasteiger partial charge in [-0.3, -0.25) is 48.8 Å². The summed E-state index contributed by atoms with van der Waals surface area (Å²) in [5, 5.41) is 14.6. The Morgan fingerprint density at radius 2 is 1.35 bits per heavy atom. The van der Waals surface area contributed by atoms with Crippen molar-refractivity contribution in [1.82, 2.24) is 40.4 Å². The molecule has 20 nitrogen and oxygen atoms in total. The van der Waals surface area contributed by atoms with Gasteiger partial charge in [0.2, 0.25) is 35.4 Å². The molecule has 9 atom stereocenters. The number of ether oxygens (including phenoxy) is 5. The van der Waals surface area contributed by atoms with Gasteiger partial charge in [-0.1, -0.05) is 103 Å². The number of nitrogens with zero attached hydrogens (tertiary/aromatic N) is 6. The molecule has 1 aromatic heterocycles. The zero-order chi connectivity index (χ0) is 56.9. The van der Waals surface area contributed by atoms with E-state index in [0.29, 0.717) is 64.9 Å². The van der Waals surface area contributed by atoms with Crippen LogP contribution in [0.3, 0.4) is 0 Å². The van der Waals surface area contributed by atoms with Gasteiger partial charge in [0.05, 0.1) is 88.9 Å². The molecule has 0 aliphatic carbocycles. The molecule has 6 amide bonds. The van der Waals surface area contributed by atoms with E-state index in [4.69, 9.17) is 28.1 Å². The Hall–Kier alpha value is -5.74. The molecule has 2 N–H and O–H groups in total. The average molecular weight is 1090 g/mol. The third kappa shape index (κ3) is 17.6. The molecule has 0 bridgehead atoms. The van der Waals surface area contributed by atoms with Gasteiger partial charge in [-0.25, -0.2) is 0 Å². The Bertz CT molecular complexity index is 2370. The lowest BCUT2D eigenvalue weighted by molar-refractivity contribution is -0.144. The molecule has 0 unspecified atom stereocenters. The van der Waals surface area contributed by atoms with Crippen LogP contribution in [0.15, 0.2) is 77.2 Å². The number of benzene rings is 2. The highest BCUT2D eigenvalue weighted by molar-refractivity contribution is 6.12. The zero-order valence-corrected chi connectivity index (χ0v) is 47.8. The van der Waals surface area contributed by atoms with Gasteiger partial charge in [-0.2, -0.15) is 0 Å². The first-order valence-corrected chi connectivity index (χ1v) is 27.5. The Morgan fingerprint density at radius 3 is 1.94 bits per heavy atom. The van der Waals surface area contributed by atoms with Gasteiger partial charge in [-0.15, -0.1) is 10.2 Å². The summed E-state index contributed by atoms with van der Waals surface area (Å²) in [6.07, 6.45) is 3.72. The monoisotopic (exact) mass is 1090 g/mol. The highest BCUT2D eigenvalue weighted by atomic mass is 16.5. The molecule has 2 aromatic carbocycles. The summed E-state index contributed by atoms with van der Waals surface area (Å²) in [7, 11) is 6.85. The van der Waals surface area contributed by atoms with E-state index in [-0.39, 0.29) is 66.8 Å². The lowest BCUT2D eigenvalue weighted by atomic mass is 9.87. The predicted molar refractivity (Wildman–Crippen MR) is 293 cm³/mol. The third-order valence-corrected chi connectivity index (χ3v) is 14.9. The maximum absolute atomic E-state index is 14.7. The lowest BCUT2D eigenvalue weighted by Gasteiger charge is -2.43. The molecule has 0 saturated carbocycles. The number of carbonyl (C=O) groups is 6. The van der Waals surface area contributed by atoms with Crippen LogP contribution in [0.5, 0.6) is 0 Å². The molecule has 430 valence electrons. The number of likely N-dealkylation sites (N-methyl/N-ethyl adjacent to an activating group) is 2. The van der Waals surface area contributed by atoms with Gasteiger partial charge in [-0.05, 0) is 62.4 Å². The summed E-state index contributed by atoms with van der Waals surface area (Å²) in [5.74, 6) is -2.41. The number of rotatable bonds is 34. The van der Waals surface area contributed by atoms with Crippen molar-refractivity contribution in [1.29, 1.82) is 0 Å². The molecule has 3 heterocycles. The van der Waals surface area contributed by atoms with Gasteiger partial charge < -0.3 is 38.3 Å². The fourth-order valence-corrected chi connectivity index (χ4v) is 10.7. The summed E-state index contributed by atoms with van der Waals surface area (Å²) in [6.45, 7) is 16.6. The molecule has 78 heavy (non-hydrogen) atoms. The third-order valence-electron chi connectivity index (χ3n) is 14.9. The Balaban J connectivity index is 1.17. The summed E-state index contributed by atoms with van der Waals surface area (Å²) in [4.78, 5) is 87.5. The Kier molecular flexibility index (Phi) is 25.7. The zero-order valence-electron chi connectivity index (χ0n) is 47.8. The lowest BCUT2D eigenvalue weighted by Crippen LogP contribution is -2.60. The number of imide groups is 2. The Morgan fingerprint density at radius 1 is 0.756 bits per heavy atom. The first-order chi connectivity index (χ1) is 37.4. The molecule has 20 heteroatoms. The molecule has 3 aromatic rings. The molecule has 2 aliphatic heterocycles. The maximum atomic E-state index is 14.7. The number of hydrogen-bond donors (Lipinski definition) is 2. The maximum Gasteiger partial charge on any atom is 0.253 e. The highest BCUT2D eigenvalue weighted by Crippen LogP contribution is 2.32. The summed E-state index contributed by atoms with van der Waals surface area (Å²) in [5.41, 5.74) is 1.74. The Labute approximate surface area is 461 Å². The van der Waals surface area contributed by atoms with Crippen LogP contribution in [-0.4, -0.2) is 189 Å². The van der Waals surface area contributed by atoms with E-state index in [1.54, 1.807) is 14.2 Å². The van der Waals surface area contributed by atoms with Crippen molar-refractivity contribution in [3.8, 4) is 11.5 Å². The van der Waals surface area contributed by atoms with Crippen LogP contribution < -0.4 is 10.6 Å². The highest BCUT2D eigenvalue weighted by Gasteiger charge is 2.44. The first kappa shape index (κ1) is 63.1.